The molecule has 29 heavy (non-hydrogen) atoms. The molecule has 0 aromatic heterocycles. The third-order valence-electron chi connectivity index (χ3n) is 7.26. The number of nitrogens with zero attached hydrogens (tertiary/aromatic N) is 2. The van der Waals surface area contributed by atoms with Gasteiger partial charge >= 0.3 is 0 Å². The predicted octanol–water partition coefficient (Wildman–Crippen LogP) is 7.72. The van der Waals surface area contributed by atoms with Crippen molar-refractivity contribution in [3.63, 3.8) is 0 Å². The fourth-order valence-electron chi connectivity index (χ4n) is 4.64. The van der Waals surface area contributed by atoms with Crippen molar-refractivity contribution in [1.82, 2.24) is 9.80 Å². The van der Waals surface area contributed by atoms with Crippen LogP contribution in [-0.2, 0) is 0 Å². The molecule has 0 saturated carbocycles. The molecule has 0 N–H and O–H groups in total. The lowest BCUT2D eigenvalue weighted by Crippen LogP contribution is -2.38. The summed E-state index contributed by atoms with van der Waals surface area (Å²) < 4.78 is 0. The van der Waals surface area contributed by atoms with Crippen LogP contribution in [0.1, 0.15) is 114 Å². The van der Waals surface area contributed by atoms with E-state index in [0.717, 1.165) is 29.7 Å². The molecule has 0 aliphatic carbocycles. The molecule has 0 radical (unpaired) electrons. The molecule has 0 aromatic rings. The summed E-state index contributed by atoms with van der Waals surface area (Å²) in [6.07, 6.45) is 11.3. The first-order chi connectivity index (χ1) is 13.9. The summed E-state index contributed by atoms with van der Waals surface area (Å²) in [5, 5.41) is 0. The number of rotatable bonds is 8. The van der Waals surface area contributed by atoms with E-state index in [0.29, 0.717) is 0 Å². The Labute approximate surface area is 186 Å². The van der Waals surface area contributed by atoms with Crippen LogP contribution < -0.4 is 0 Å². The molecule has 0 spiro atoms. The van der Waals surface area contributed by atoms with E-state index in [2.05, 4.69) is 58.3 Å². The van der Waals surface area contributed by atoms with E-state index >= 15 is 0 Å². The van der Waals surface area contributed by atoms with Gasteiger partial charge in [-0.05, 0) is 102 Å². The van der Waals surface area contributed by atoms with E-state index in [4.69, 9.17) is 0 Å². The zero-order valence-electron chi connectivity index (χ0n) is 22.0. The summed E-state index contributed by atoms with van der Waals surface area (Å²) >= 11 is 0. The van der Waals surface area contributed by atoms with E-state index in [1.807, 2.05) is 13.8 Å². The number of hydrogen-bond acceptors (Lipinski definition) is 2. The van der Waals surface area contributed by atoms with Gasteiger partial charge in [0.05, 0.1) is 0 Å². The number of hydrogen-bond donors (Lipinski definition) is 0. The fourth-order valence-corrected chi connectivity index (χ4v) is 4.64. The monoisotopic (exact) mass is 410 g/mol. The van der Waals surface area contributed by atoms with E-state index in [1.165, 1.54) is 84.1 Å². The van der Waals surface area contributed by atoms with Gasteiger partial charge in [-0.15, -0.1) is 0 Å². The van der Waals surface area contributed by atoms with Gasteiger partial charge in [-0.1, -0.05) is 67.7 Å². The quantitative estimate of drug-likeness (QED) is 0.404. The molecule has 0 bridgehead atoms. The predicted molar refractivity (Wildman–Crippen MR) is 134 cm³/mol. The standard InChI is InChI=1S/C14H29N.C11H23N.C2H6/c1-5-13(4)6-7-14-8-10-15(11-9-14)12(2)3;1-4-7-12-8-5-11(6-9-12)10(2)3;1-2/h12-14H,5-11H2,1-4H3;10-11H,4-9H2,1-3H3;1-2H3. The minimum Gasteiger partial charge on any atom is -0.303 e. The molecule has 1 unspecified atom stereocenters. The average Bonchev–Trinajstić information content (AvgIpc) is 2.74. The SMILES string of the molecule is CC.CCC(C)CCC1CCN(C(C)C)CC1.CCCN1CCC(C(C)C)CC1. The smallest absolute Gasteiger partial charge is 0.00385 e. The molecule has 2 fully saturated rings. The third-order valence-corrected chi connectivity index (χ3v) is 7.26. The van der Waals surface area contributed by atoms with Crippen LogP contribution in [0.5, 0.6) is 0 Å². The second-order valence-electron chi connectivity index (χ2n) is 10.1. The van der Waals surface area contributed by atoms with Gasteiger partial charge in [-0.25, -0.2) is 0 Å². The Hall–Kier alpha value is -0.0800. The van der Waals surface area contributed by atoms with Gasteiger partial charge in [0, 0.05) is 6.04 Å². The van der Waals surface area contributed by atoms with Gasteiger partial charge in [0.1, 0.15) is 0 Å². The Kier molecular flexibility index (Phi) is 17.5. The van der Waals surface area contributed by atoms with Gasteiger partial charge in [0.25, 0.3) is 0 Å². The van der Waals surface area contributed by atoms with Crippen LogP contribution in [0.3, 0.4) is 0 Å². The highest BCUT2D eigenvalue weighted by Crippen LogP contribution is 2.26. The summed E-state index contributed by atoms with van der Waals surface area (Å²) in [7, 11) is 0. The lowest BCUT2D eigenvalue weighted by Gasteiger charge is -2.34. The van der Waals surface area contributed by atoms with Crippen molar-refractivity contribution in [2.24, 2.45) is 23.7 Å². The van der Waals surface area contributed by atoms with Gasteiger partial charge in [0.2, 0.25) is 0 Å². The Balaban J connectivity index is 0.000000508. The van der Waals surface area contributed by atoms with E-state index in [1.54, 1.807) is 0 Å². The summed E-state index contributed by atoms with van der Waals surface area (Å²) in [6, 6.07) is 0.750. The molecule has 1 atom stereocenters. The first-order valence-corrected chi connectivity index (χ1v) is 13.3. The molecule has 0 amide bonds. The Morgan fingerprint density at radius 1 is 0.793 bits per heavy atom. The summed E-state index contributed by atoms with van der Waals surface area (Å²) in [6.45, 7) is 27.0. The van der Waals surface area contributed by atoms with Crippen molar-refractivity contribution in [1.29, 1.82) is 0 Å². The lowest BCUT2D eigenvalue weighted by molar-refractivity contribution is 0.142. The average molecular weight is 411 g/mol. The lowest BCUT2D eigenvalue weighted by atomic mass is 9.87. The topological polar surface area (TPSA) is 6.48 Å². The highest BCUT2D eigenvalue weighted by molar-refractivity contribution is 4.75. The van der Waals surface area contributed by atoms with Crippen molar-refractivity contribution < 1.29 is 0 Å². The first kappa shape index (κ1) is 28.9. The van der Waals surface area contributed by atoms with E-state index < -0.39 is 0 Å². The molecule has 2 heteroatoms. The number of likely N-dealkylation sites (tertiary alicyclic amines) is 2. The summed E-state index contributed by atoms with van der Waals surface area (Å²) in [5.41, 5.74) is 0. The molecule has 2 heterocycles. The fraction of sp³-hybridized carbons (Fsp3) is 1.00. The van der Waals surface area contributed by atoms with Gasteiger partial charge in [-0.3, -0.25) is 0 Å². The molecular weight excluding hydrogens is 352 g/mol. The molecule has 176 valence electrons. The van der Waals surface area contributed by atoms with Gasteiger partial charge in [-0.2, -0.15) is 0 Å². The Bertz CT molecular complexity index is 336. The highest BCUT2D eigenvalue weighted by Gasteiger charge is 2.21. The van der Waals surface area contributed by atoms with Crippen molar-refractivity contribution >= 4 is 0 Å². The van der Waals surface area contributed by atoms with Gasteiger partial charge < -0.3 is 9.80 Å². The molecular formula is C27H58N2. The van der Waals surface area contributed by atoms with E-state index in [9.17, 15) is 0 Å². The number of piperidine rings is 2. The van der Waals surface area contributed by atoms with Crippen LogP contribution >= 0.6 is 0 Å². The van der Waals surface area contributed by atoms with Crippen LogP contribution in [0.15, 0.2) is 0 Å². The zero-order chi connectivity index (χ0) is 22.2. The summed E-state index contributed by atoms with van der Waals surface area (Å²) in [4.78, 5) is 5.23. The van der Waals surface area contributed by atoms with Crippen LogP contribution in [0.2, 0.25) is 0 Å². The minimum atomic E-state index is 0.750. The highest BCUT2D eigenvalue weighted by atomic mass is 15.1. The van der Waals surface area contributed by atoms with Crippen molar-refractivity contribution in [2.45, 2.75) is 120 Å². The maximum Gasteiger partial charge on any atom is 0.00385 e. The molecule has 2 nitrogen and oxygen atoms in total. The molecule has 0 aromatic carbocycles. The van der Waals surface area contributed by atoms with Crippen LogP contribution in [-0.4, -0.2) is 48.6 Å². The van der Waals surface area contributed by atoms with Crippen LogP contribution in [0, 0.1) is 23.7 Å². The largest absolute Gasteiger partial charge is 0.303 e. The van der Waals surface area contributed by atoms with Crippen LogP contribution in [0.4, 0.5) is 0 Å². The Morgan fingerprint density at radius 2 is 1.34 bits per heavy atom. The normalized spacial score (nSPS) is 20.8. The molecule has 2 rings (SSSR count). The third kappa shape index (κ3) is 13.0. The second kappa shape index (κ2) is 17.6. The summed E-state index contributed by atoms with van der Waals surface area (Å²) in [5.74, 6) is 3.86. The van der Waals surface area contributed by atoms with Gasteiger partial charge in [0.15, 0.2) is 0 Å². The second-order valence-corrected chi connectivity index (χ2v) is 10.1. The Morgan fingerprint density at radius 3 is 1.76 bits per heavy atom. The van der Waals surface area contributed by atoms with Crippen molar-refractivity contribution in [2.75, 3.05) is 32.7 Å². The molecule has 2 aliphatic heterocycles. The van der Waals surface area contributed by atoms with Crippen molar-refractivity contribution in [3.05, 3.63) is 0 Å². The van der Waals surface area contributed by atoms with E-state index in [-0.39, 0.29) is 0 Å². The maximum atomic E-state index is 2.62. The maximum absolute atomic E-state index is 2.62. The molecule has 2 aliphatic rings. The molecule has 2 saturated heterocycles. The van der Waals surface area contributed by atoms with Crippen LogP contribution in [0.25, 0.3) is 0 Å². The van der Waals surface area contributed by atoms with Crippen molar-refractivity contribution in [3.8, 4) is 0 Å². The minimum absolute atomic E-state index is 0.750. The zero-order valence-corrected chi connectivity index (χ0v) is 22.0. The first-order valence-electron chi connectivity index (χ1n) is 13.3.